The van der Waals surface area contributed by atoms with Crippen LogP contribution in [0.3, 0.4) is 0 Å². The highest BCUT2D eigenvalue weighted by Crippen LogP contribution is 2.16. The van der Waals surface area contributed by atoms with Gasteiger partial charge >= 0.3 is 0 Å². The third kappa shape index (κ3) is 1.54. The fourth-order valence-corrected chi connectivity index (χ4v) is 0.872. The predicted molar refractivity (Wildman–Crippen MR) is 39.0 cm³/mol. The fourth-order valence-electron chi connectivity index (χ4n) is 0.872. The highest BCUT2D eigenvalue weighted by molar-refractivity contribution is 5.21. The lowest BCUT2D eigenvalue weighted by molar-refractivity contribution is 0.492. The van der Waals surface area contributed by atoms with E-state index in [2.05, 4.69) is 0 Å². The maximum atomic E-state index is 12.8. The summed E-state index contributed by atoms with van der Waals surface area (Å²) in [7, 11) is 0. The van der Waals surface area contributed by atoms with Crippen molar-refractivity contribution >= 4 is 0 Å². The molecular formula is C8H9F2N. The van der Waals surface area contributed by atoms with Gasteiger partial charge in [0.05, 0.1) is 0 Å². The summed E-state index contributed by atoms with van der Waals surface area (Å²) in [6.07, 6.45) is 0. The Morgan fingerprint density at radius 1 is 1.36 bits per heavy atom. The van der Waals surface area contributed by atoms with Gasteiger partial charge in [0.1, 0.15) is 0 Å². The monoisotopic (exact) mass is 157 g/mol. The molecule has 1 aromatic rings. The van der Waals surface area contributed by atoms with Crippen molar-refractivity contribution in [1.29, 1.82) is 0 Å². The maximum absolute atomic E-state index is 12.8. The van der Waals surface area contributed by atoms with Crippen molar-refractivity contribution in [3.8, 4) is 0 Å². The van der Waals surface area contributed by atoms with Crippen molar-refractivity contribution < 1.29 is 8.78 Å². The van der Waals surface area contributed by atoms with E-state index in [-0.39, 0.29) is 5.56 Å². The molecule has 3 heteroatoms. The molecule has 0 aliphatic heterocycles. The molecule has 0 fully saturated rings. The van der Waals surface area contributed by atoms with Crippen LogP contribution in [0.5, 0.6) is 0 Å². The average Bonchev–Trinajstić information content (AvgIpc) is 1.94. The average molecular weight is 157 g/mol. The molecule has 0 saturated carbocycles. The maximum Gasteiger partial charge on any atom is 0.163 e. The summed E-state index contributed by atoms with van der Waals surface area (Å²) in [5, 5.41) is 0. The van der Waals surface area contributed by atoms with E-state index in [0.717, 1.165) is 6.07 Å². The van der Waals surface area contributed by atoms with Crippen LogP contribution < -0.4 is 5.73 Å². The molecule has 0 spiro atoms. The second kappa shape index (κ2) is 2.96. The van der Waals surface area contributed by atoms with E-state index in [1.165, 1.54) is 12.1 Å². The van der Waals surface area contributed by atoms with Gasteiger partial charge in [0, 0.05) is 11.6 Å². The van der Waals surface area contributed by atoms with Crippen molar-refractivity contribution in [2.45, 2.75) is 13.0 Å². The van der Waals surface area contributed by atoms with Gasteiger partial charge in [-0.1, -0.05) is 12.1 Å². The van der Waals surface area contributed by atoms with Gasteiger partial charge in [-0.25, -0.2) is 8.78 Å². The molecule has 2 N–H and O–H groups in total. The lowest BCUT2D eigenvalue weighted by Crippen LogP contribution is -2.08. The summed E-state index contributed by atoms with van der Waals surface area (Å²) in [6.45, 7) is 1.61. The Hall–Kier alpha value is -0.960. The Kier molecular flexibility index (Phi) is 2.19. The number of rotatable bonds is 1. The SMILES string of the molecule is C[C@@H](N)c1cccc(F)c1F. The molecule has 0 bridgehead atoms. The van der Waals surface area contributed by atoms with Gasteiger partial charge in [-0.05, 0) is 13.0 Å². The Balaban J connectivity index is 3.17. The van der Waals surface area contributed by atoms with E-state index in [0.29, 0.717) is 0 Å². The quantitative estimate of drug-likeness (QED) is 0.662. The van der Waals surface area contributed by atoms with Crippen LogP contribution in [-0.4, -0.2) is 0 Å². The Morgan fingerprint density at radius 2 is 2.00 bits per heavy atom. The highest BCUT2D eigenvalue weighted by Gasteiger charge is 2.09. The van der Waals surface area contributed by atoms with E-state index in [1.807, 2.05) is 0 Å². The van der Waals surface area contributed by atoms with Gasteiger partial charge in [0.15, 0.2) is 11.6 Å². The summed E-state index contributed by atoms with van der Waals surface area (Å²) in [5.74, 6) is -1.69. The standard InChI is InChI=1S/C8H9F2N/c1-5(11)6-3-2-4-7(9)8(6)10/h2-5H,11H2,1H3/t5-/m1/s1. The minimum absolute atomic E-state index is 0.213. The first-order chi connectivity index (χ1) is 5.13. The molecular weight excluding hydrogens is 148 g/mol. The van der Waals surface area contributed by atoms with Crippen LogP contribution in [0.25, 0.3) is 0 Å². The van der Waals surface area contributed by atoms with Gasteiger partial charge in [-0.15, -0.1) is 0 Å². The van der Waals surface area contributed by atoms with Gasteiger partial charge in [-0.2, -0.15) is 0 Å². The van der Waals surface area contributed by atoms with Crippen molar-refractivity contribution in [1.82, 2.24) is 0 Å². The molecule has 0 amide bonds. The van der Waals surface area contributed by atoms with Gasteiger partial charge < -0.3 is 5.73 Å². The summed E-state index contributed by atoms with van der Waals surface area (Å²) in [6, 6.07) is 3.52. The first kappa shape index (κ1) is 8.14. The van der Waals surface area contributed by atoms with E-state index >= 15 is 0 Å². The summed E-state index contributed by atoms with van der Waals surface area (Å²) in [4.78, 5) is 0. The summed E-state index contributed by atoms with van der Waals surface area (Å²) in [5.41, 5.74) is 5.59. The van der Waals surface area contributed by atoms with Crippen LogP contribution in [0.2, 0.25) is 0 Å². The van der Waals surface area contributed by atoms with Gasteiger partial charge in [-0.3, -0.25) is 0 Å². The molecule has 0 aromatic heterocycles. The number of benzene rings is 1. The van der Waals surface area contributed by atoms with Gasteiger partial charge in [0.25, 0.3) is 0 Å². The van der Waals surface area contributed by atoms with Crippen molar-refractivity contribution in [2.24, 2.45) is 5.73 Å². The van der Waals surface area contributed by atoms with Crippen LogP contribution in [0.15, 0.2) is 18.2 Å². The zero-order chi connectivity index (χ0) is 8.43. The van der Waals surface area contributed by atoms with Crippen LogP contribution in [0.4, 0.5) is 8.78 Å². The number of nitrogens with two attached hydrogens (primary N) is 1. The molecule has 1 rings (SSSR count). The van der Waals surface area contributed by atoms with Gasteiger partial charge in [0.2, 0.25) is 0 Å². The minimum Gasteiger partial charge on any atom is -0.324 e. The van der Waals surface area contributed by atoms with Crippen LogP contribution in [0, 0.1) is 11.6 Å². The molecule has 1 nitrogen and oxygen atoms in total. The molecule has 0 heterocycles. The first-order valence-corrected chi connectivity index (χ1v) is 3.32. The fraction of sp³-hybridized carbons (Fsp3) is 0.250. The lowest BCUT2D eigenvalue weighted by Gasteiger charge is -2.06. The predicted octanol–water partition coefficient (Wildman–Crippen LogP) is 1.98. The molecule has 0 saturated heterocycles. The Morgan fingerprint density at radius 3 is 2.45 bits per heavy atom. The molecule has 1 atom stereocenters. The summed E-state index contributed by atoms with van der Waals surface area (Å²) < 4.78 is 25.3. The molecule has 0 aliphatic rings. The topological polar surface area (TPSA) is 26.0 Å². The second-order valence-electron chi connectivity index (χ2n) is 2.43. The normalized spacial score (nSPS) is 13.1. The zero-order valence-electron chi connectivity index (χ0n) is 6.14. The molecule has 0 unspecified atom stereocenters. The second-order valence-corrected chi connectivity index (χ2v) is 2.43. The van der Waals surface area contributed by atoms with Crippen molar-refractivity contribution in [2.75, 3.05) is 0 Å². The largest absolute Gasteiger partial charge is 0.324 e. The Bertz CT molecular complexity index is 258. The van der Waals surface area contributed by atoms with E-state index in [1.54, 1.807) is 6.92 Å². The lowest BCUT2D eigenvalue weighted by atomic mass is 10.1. The highest BCUT2D eigenvalue weighted by atomic mass is 19.2. The molecule has 60 valence electrons. The van der Waals surface area contributed by atoms with Crippen LogP contribution >= 0.6 is 0 Å². The van der Waals surface area contributed by atoms with E-state index in [4.69, 9.17) is 5.73 Å². The molecule has 0 radical (unpaired) electrons. The van der Waals surface area contributed by atoms with Crippen molar-refractivity contribution in [3.05, 3.63) is 35.4 Å². The van der Waals surface area contributed by atoms with Crippen LogP contribution in [-0.2, 0) is 0 Å². The van der Waals surface area contributed by atoms with E-state index in [9.17, 15) is 8.78 Å². The molecule has 11 heavy (non-hydrogen) atoms. The third-order valence-electron chi connectivity index (χ3n) is 1.47. The number of hydrogen-bond acceptors (Lipinski definition) is 1. The Labute approximate surface area is 63.8 Å². The number of halogens is 2. The first-order valence-electron chi connectivity index (χ1n) is 3.32. The van der Waals surface area contributed by atoms with E-state index < -0.39 is 17.7 Å². The summed E-state index contributed by atoms with van der Waals surface area (Å²) >= 11 is 0. The molecule has 1 aromatic carbocycles. The molecule has 0 aliphatic carbocycles. The number of hydrogen-bond donors (Lipinski definition) is 1. The van der Waals surface area contributed by atoms with Crippen LogP contribution in [0.1, 0.15) is 18.5 Å². The minimum atomic E-state index is -0.847. The smallest absolute Gasteiger partial charge is 0.163 e. The van der Waals surface area contributed by atoms with Crippen molar-refractivity contribution in [3.63, 3.8) is 0 Å². The zero-order valence-corrected chi connectivity index (χ0v) is 6.14. The third-order valence-corrected chi connectivity index (χ3v) is 1.47.